The number of hydrogen-bond donors (Lipinski definition) is 2. The summed E-state index contributed by atoms with van der Waals surface area (Å²) in [5, 5.41) is 2.68. The molecule has 0 fully saturated rings. The molecule has 3 N–H and O–H groups in total. The van der Waals surface area contributed by atoms with Crippen LogP contribution in [0.1, 0.15) is 29.2 Å². The molecule has 0 bridgehead atoms. The van der Waals surface area contributed by atoms with Gasteiger partial charge < -0.3 is 16.0 Å². The number of nitrogens with one attached hydrogen (secondary N) is 1. The summed E-state index contributed by atoms with van der Waals surface area (Å²) in [5.74, 6) is 0.0205. The standard InChI is InChI=1S/C19H21N3O2/c20-19(24)21-17(15-7-2-1-3-8-15)12-18(23)22-11-10-14-6-4-5-9-16(14)13-22/h1-9,17H,10-13H2,(H3,20,21,24)/t17-/m0/s1. The fourth-order valence-electron chi connectivity index (χ4n) is 3.12. The number of primary amides is 1. The summed E-state index contributed by atoms with van der Waals surface area (Å²) in [6.45, 7) is 1.32. The molecule has 0 spiro atoms. The lowest BCUT2D eigenvalue weighted by Gasteiger charge is -2.30. The minimum Gasteiger partial charge on any atom is -0.352 e. The van der Waals surface area contributed by atoms with Crippen molar-refractivity contribution in [3.05, 3.63) is 71.3 Å². The molecule has 2 aromatic carbocycles. The van der Waals surface area contributed by atoms with Crippen LogP contribution in [-0.4, -0.2) is 23.4 Å². The van der Waals surface area contributed by atoms with E-state index < -0.39 is 12.1 Å². The van der Waals surface area contributed by atoms with Gasteiger partial charge in [-0.1, -0.05) is 54.6 Å². The van der Waals surface area contributed by atoms with Crippen molar-refractivity contribution in [1.82, 2.24) is 10.2 Å². The molecule has 0 aromatic heterocycles. The second kappa shape index (κ2) is 7.17. The van der Waals surface area contributed by atoms with Crippen LogP contribution < -0.4 is 11.1 Å². The zero-order chi connectivity index (χ0) is 16.9. The molecule has 5 nitrogen and oxygen atoms in total. The van der Waals surface area contributed by atoms with E-state index in [9.17, 15) is 9.59 Å². The second-order valence-corrected chi connectivity index (χ2v) is 6.01. The minimum atomic E-state index is -0.624. The van der Waals surface area contributed by atoms with Crippen molar-refractivity contribution < 1.29 is 9.59 Å². The number of urea groups is 1. The Morgan fingerprint density at radius 2 is 1.71 bits per heavy atom. The Morgan fingerprint density at radius 1 is 1.04 bits per heavy atom. The van der Waals surface area contributed by atoms with E-state index in [-0.39, 0.29) is 12.3 Å². The van der Waals surface area contributed by atoms with Crippen molar-refractivity contribution in [1.29, 1.82) is 0 Å². The molecule has 2 aromatic rings. The van der Waals surface area contributed by atoms with Crippen molar-refractivity contribution in [2.75, 3.05) is 6.54 Å². The van der Waals surface area contributed by atoms with E-state index in [4.69, 9.17) is 5.73 Å². The Morgan fingerprint density at radius 3 is 2.42 bits per heavy atom. The van der Waals surface area contributed by atoms with Crippen molar-refractivity contribution in [2.24, 2.45) is 5.73 Å². The molecule has 1 heterocycles. The molecule has 3 rings (SSSR count). The maximum absolute atomic E-state index is 12.7. The van der Waals surface area contributed by atoms with Gasteiger partial charge in [-0.05, 0) is 23.1 Å². The number of fused-ring (bicyclic) bond motifs is 1. The average Bonchev–Trinajstić information content (AvgIpc) is 2.61. The highest BCUT2D eigenvalue weighted by Gasteiger charge is 2.24. The largest absolute Gasteiger partial charge is 0.352 e. The minimum absolute atomic E-state index is 0.0205. The lowest BCUT2D eigenvalue weighted by molar-refractivity contribution is -0.132. The third-order valence-corrected chi connectivity index (χ3v) is 4.38. The van der Waals surface area contributed by atoms with Gasteiger partial charge in [-0.15, -0.1) is 0 Å². The zero-order valence-electron chi connectivity index (χ0n) is 13.4. The highest BCUT2D eigenvalue weighted by Crippen LogP contribution is 2.22. The fourth-order valence-corrected chi connectivity index (χ4v) is 3.12. The van der Waals surface area contributed by atoms with E-state index in [0.717, 1.165) is 12.0 Å². The normalized spacial score (nSPS) is 14.6. The topological polar surface area (TPSA) is 75.4 Å². The molecule has 1 aliphatic rings. The highest BCUT2D eigenvalue weighted by atomic mass is 16.2. The summed E-state index contributed by atoms with van der Waals surface area (Å²) in [6, 6.07) is 16.6. The first-order valence-electron chi connectivity index (χ1n) is 8.09. The van der Waals surface area contributed by atoms with Crippen molar-refractivity contribution >= 4 is 11.9 Å². The Hall–Kier alpha value is -2.82. The van der Waals surface area contributed by atoms with E-state index in [1.165, 1.54) is 11.1 Å². The highest BCUT2D eigenvalue weighted by molar-refractivity contribution is 5.79. The van der Waals surface area contributed by atoms with Crippen LogP contribution in [0.5, 0.6) is 0 Å². The molecule has 0 radical (unpaired) electrons. The monoisotopic (exact) mass is 323 g/mol. The van der Waals surface area contributed by atoms with Crippen LogP contribution in [0.3, 0.4) is 0 Å². The van der Waals surface area contributed by atoms with Gasteiger partial charge >= 0.3 is 6.03 Å². The molecule has 3 amide bonds. The molecule has 0 unspecified atom stereocenters. The quantitative estimate of drug-likeness (QED) is 0.906. The third kappa shape index (κ3) is 3.74. The molecule has 5 heteroatoms. The van der Waals surface area contributed by atoms with Gasteiger partial charge in [0.25, 0.3) is 0 Å². The first-order valence-corrected chi connectivity index (χ1v) is 8.09. The molecule has 0 saturated carbocycles. The van der Waals surface area contributed by atoms with Gasteiger partial charge in [0.05, 0.1) is 12.5 Å². The predicted molar refractivity (Wildman–Crippen MR) is 92.1 cm³/mol. The van der Waals surface area contributed by atoms with Crippen LogP contribution in [0.4, 0.5) is 4.79 Å². The molecule has 24 heavy (non-hydrogen) atoms. The first kappa shape index (κ1) is 16.1. The lowest BCUT2D eigenvalue weighted by Crippen LogP contribution is -2.40. The summed E-state index contributed by atoms with van der Waals surface area (Å²) in [5.41, 5.74) is 8.64. The average molecular weight is 323 g/mol. The summed E-state index contributed by atoms with van der Waals surface area (Å²) in [7, 11) is 0. The van der Waals surface area contributed by atoms with Gasteiger partial charge in [-0.3, -0.25) is 4.79 Å². The van der Waals surface area contributed by atoms with Gasteiger partial charge in [0, 0.05) is 13.1 Å². The Bertz CT molecular complexity index is 730. The zero-order valence-corrected chi connectivity index (χ0v) is 13.4. The van der Waals surface area contributed by atoms with E-state index in [0.29, 0.717) is 13.1 Å². The SMILES string of the molecule is NC(=O)N[C@@H](CC(=O)N1CCc2ccccc2C1)c1ccccc1. The van der Waals surface area contributed by atoms with Crippen LogP contribution in [0, 0.1) is 0 Å². The van der Waals surface area contributed by atoms with E-state index in [2.05, 4.69) is 17.4 Å². The molecule has 124 valence electrons. The number of nitrogens with zero attached hydrogens (tertiary/aromatic N) is 1. The summed E-state index contributed by atoms with van der Waals surface area (Å²) < 4.78 is 0. The predicted octanol–water partition coefficient (Wildman–Crippen LogP) is 2.37. The van der Waals surface area contributed by atoms with Gasteiger partial charge in [0.1, 0.15) is 0 Å². The van der Waals surface area contributed by atoms with Gasteiger partial charge in [0.2, 0.25) is 5.91 Å². The molecule has 1 aliphatic heterocycles. The number of carbonyl (C=O) groups is 2. The number of amides is 3. The Kier molecular flexibility index (Phi) is 4.79. The Balaban J connectivity index is 1.71. The summed E-state index contributed by atoms with van der Waals surface area (Å²) in [6.07, 6.45) is 1.07. The third-order valence-electron chi connectivity index (χ3n) is 4.38. The molecular formula is C19H21N3O2. The summed E-state index contributed by atoms with van der Waals surface area (Å²) >= 11 is 0. The molecule has 1 atom stereocenters. The maximum Gasteiger partial charge on any atom is 0.312 e. The molecule has 0 saturated heterocycles. The second-order valence-electron chi connectivity index (χ2n) is 6.01. The lowest BCUT2D eigenvalue weighted by atomic mass is 9.98. The number of benzene rings is 2. The van der Waals surface area contributed by atoms with Crippen molar-refractivity contribution in [3.63, 3.8) is 0 Å². The number of hydrogen-bond acceptors (Lipinski definition) is 2. The van der Waals surface area contributed by atoms with Crippen LogP contribution in [0.15, 0.2) is 54.6 Å². The fraction of sp³-hybridized carbons (Fsp3) is 0.263. The van der Waals surface area contributed by atoms with Crippen molar-refractivity contribution in [3.8, 4) is 0 Å². The first-order chi connectivity index (χ1) is 11.6. The van der Waals surface area contributed by atoms with Crippen LogP contribution in [-0.2, 0) is 17.8 Å². The number of rotatable bonds is 4. The maximum atomic E-state index is 12.7. The molecular weight excluding hydrogens is 302 g/mol. The van der Waals surface area contributed by atoms with Crippen LogP contribution in [0.25, 0.3) is 0 Å². The summed E-state index contributed by atoms with van der Waals surface area (Å²) in [4.78, 5) is 25.8. The Labute approximate surface area is 141 Å². The van der Waals surface area contributed by atoms with E-state index in [1.807, 2.05) is 47.4 Å². The smallest absolute Gasteiger partial charge is 0.312 e. The van der Waals surface area contributed by atoms with Crippen LogP contribution >= 0.6 is 0 Å². The van der Waals surface area contributed by atoms with Crippen molar-refractivity contribution in [2.45, 2.75) is 25.4 Å². The van der Waals surface area contributed by atoms with E-state index in [1.54, 1.807) is 0 Å². The molecule has 0 aliphatic carbocycles. The van der Waals surface area contributed by atoms with Gasteiger partial charge in [-0.2, -0.15) is 0 Å². The van der Waals surface area contributed by atoms with Crippen LogP contribution in [0.2, 0.25) is 0 Å². The van der Waals surface area contributed by atoms with Gasteiger partial charge in [0.15, 0.2) is 0 Å². The number of carbonyl (C=O) groups excluding carboxylic acids is 2. The number of nitrogens with two attached hydrogens (primary N) is 1. The van der Waals surface area contributed by atoms with Gasteiger partial charge in [-0.25, -0.2) is 4.79 Å². The van der Waals surface area contributed by atoms with E-state index >= 15 is 0 Å².